The monoisotopic (exact) mass is 273 g/mol. The van der Waals surface area contributed by atoms with Crippen LogP contribution in [0.2, 0.25) is 0 Å². The summed E-state index contributed by atoms with van der Waals surface area (Å²) < 4.78 is 0.245. The van der Waals surface area contributed by atoms with Crippen LogP contribution in [0.3, 0.4) is 0 Å². The lowest BCUT2D eigenvalue weighted by Gasteiger charge is -2.39. The highest BCUT2D eigenvalue weighted by Gasteiger charge is 2.32. The highest BCUT2D eigenvalue weighted by atomic mass is 32.2. The Morgan fingerprint density at radius 2 is 2.11 bits per heavy atom. The summed E-state index contributed by atoms with van der Waals surface area (Å²) in [7, 11) is 0. The minimum Gasteiger partial charge on any atom is -0.355 e. The summed E-state index contributed by atoms with van der Waals surface area (Å²) in [5.41, 5.74) is 5.86. The lowest BCUT2D eigenvalue weighted by molar-refractivity contribution is -0.122. The van der Waals surface area contributed by atoms with E-state index in [-0.39, 0.29) is 10.7 Å². The topological polar surface area (TPSA) is 58.4 Å². The van der Waals surface area contributed by atoms with Crippen molar-refractivity contribution in [3.05, 3.63) is 0 Å². The van der Waals surface area contributed by atoms with Crippen LogP contribution in [0, 0.1) is 0 Å². The molecule has 0 radical (unpaired) electrons. The number of hydrogen-bond donors (Lipinski definition) is 2. The van der Waals surface area contributed by atoms with E-state index in [1.807, 2.05) is 11.8 Å². The lowest BCUT2D eigenvalue weighted by atomic mass is 9.96. The second-order valence-corrected chi connectivity index (χ2v) is 6.35. The third-order valence-electron chi connectivity index (χ3n) is 3.79. The van der Waals surface area contributed by atoms with Gasteiger partial charge in [0.15, 0.2) is 0 Å². The van der Waals surface area contributed by atoms with E-state index in [1.54, 1.807) is 0 Å². The molecule has 106 valence electrons. The molecule has 5 heteroatoms. The number of unbranched alkanes of at least 4 members (excludes halogenated alkanes) is 1. The zero-order valence-corrected chi connectivity index (χ0v) is 12.5. The maximum absolute atomic E-state index is 11.7. The number of piperidine rings is 1. The van der Waals surface area contributed by atoms with Gasteiger partial charge in [-0.2, -0.15) is 11.8 Å². The largest absolute Gasteiger partial charge is 0.355 e. The molecule has 1 aliphatic rings. The Balaban J connectivity index is 2.24. The minimum absolute atomic E-state index is 0.160. The van der Waals surface area contributed by atoms with E-state index in [2.05, 4.69) is 23.4 Å². The molecule has 1 saturated heterocycles. The average molecular weight is 273 g/mol. The molecule has 1 aliphatic heterocycles. The van der Waals surface area contributed by atoms with Crippen molar-refractivity contribution in [3.63, 3.8) is 0 Å². The van der Waals surface area contributed by atoms with E-state index >= 15 is 0 Å². The summed E-state index contributed by atoms with van der Waals surface area (Å²) >= 11 is 1.88. The second-order valence-electron chi connectivity index (χ2n) is 5.07. The van der Waals surface area contributed by atoms with Crippen LogP contribution >= 0.6 is 11.8 Å². The molecule has 3 N–H and O–H groups in total. The number of nitrogens with one attached hydrogen (secondary N) is 1. The van der Waals surface area contributed by atoms with Crippen LogP contribution < -0.4 is 11.1 Å². The van der Waals surface area contributed by atoms with Crippen molar-refractivity contribution in [1.82, 2.24) is 10.2 Å². The van der Waals surface area contributed by atoms with Gasteiger partial charge in [0.25, 0.3) is 0 Å². The molecule has 1 rings (SSSR count). The zero-order chi connectivity index (χ0) is 13.4. The first-order valence-electron chi connectivity index (χ1n) is 6.90. The Hall–Kier alpha value is -0.260. The Labute approximate surface area is 115 Å². The maximum atomic E-state index is 11.7. The molecule has 0 atom stereocenters. The van der Waals surface area contributed by atoms with Gasteiger partial charge in [0, 0.05) is 30.9 Å². The minimum atomic E-state index is 0.160. The molecule has 1 fully saturated rings. The SMILES string of the molecule is CCCCNC(=O)CN1CCC(CN)(SC)CC1. The highest BCUT2D eigenvalue weighted by molar-refractivity contribution is 8.00. The number of rotatable bonds is 7. The van der Waals surface area contributed by atoms with Gasteiger partial charge >= 0.3 is 0 Å². The van der Waals surface area contributed by atoms with Gasteiger partial charge in [-0.25, -0.2) is 0 Å². The number of amides is 1. The molecule has 4 nitrogen and oxygen atoms in total. The summed E-state index contributed by atoms with van der Waals surface area (Å²) in [6.45, 7) is 6.19. The maximum Gasteiger partial charge on any atom is 0.234 e. The number of nitrogens with zero attached hydrogens (tertiary/aromatic N) is 1. The number of thioether (sulfide) groups is 1. The third-order valence-corrected chi connectivity index (χ3v) is 5.23. The van der Waals surface area contributed by atoms with Gasteiger partial charge in [-0.05, 0) is 25.5 Å². The van der Waals surface area contributed by atoms with Crippen LogP contribution in [-0.2, 0) is 4.79 Å². The van der Waals surface area contributed by atoms with Crippen LogP contribution in [0.5, 0.6) is 0 Å². The van der Waals surface area contributed by atoms with Gasteiger partial charge in [0.1, 0.15) is 0 Å². The normalized spacial score (nSPS) is 19.7. The summed E-state index contributed by atoms with van der Waals surface area (Å²) in [6.07, 6.45) is 6.50. The molecule has 1 amide bonds. The molecule has 0 unspecified atom stereocenters. The fraction of sp³-hybridized carbons (Fsp3) is 0.923. The number of likely N-dealkylation sites (tertiary alicyclic amines) is 1. The molecule has 0 aromatic heterocycles. The quantitative estimate of drug-likeness (QED) is 0.681. The first-order valence-corrected chi connectivity index (χ1v) is 8.12. The Kier molecular flexibility index (Phi) is 7.04. The van der Waals surface area contributed by atoms with E-state index in [4.69, 9.17) is 5.73 Å². The van der Waals surface area contributed by atoms with Crippen molar-refractivity contribution < 1.29 is 4.79 Å². The van der Waals surface area contributed by atoms with E-state index in [0.717, 1.165) is 51.9 Å². The van der Waals surface area contributed by atoms with E-state index < -0.39 is 0 Å². The van der Waals surface area contributed by atoms with Gasteiger partial charge in [-0.15, -0.1) is 0 Å². The summed E-state index contributed by atoms with van der Waals surface area (Å²) in [5, 5.41) is 2.97. The van der Waals surface area contributed by atoms with E-state index in [9.17, 15) is 4.79 Å². The first kappa shape index (κ1) is 15.8. The molecule has 0 saturated carbocycles. The molecular weight excluding hydrogens is 246 g/mol. The molecule has 0 aromatic carbocycles. The standard InChI is InChI=1S/C13H27N3OS/c1-3-4-7-15-12(17)10-16-8-5-13(11-14,18-2)6-9-16/h3-11,14H2,1-2H3,(H,15,17). The van der Waals surface area contributed by atoms with Crippen molar-refractivity contribution in [2.45, 2.75) is 37.4 Å². The fourth-order valence-electron chi connectivity index (χ4n) is 2.27. The van der Waals surface area contributed by atoms with Crippen LogP contribution in [0.1, 0.15) is 32.6 Å². The molecule has 0 spiro atoms. The van der Waals surface area contributed by atoms with Crippen LogP contribution in [-0.4, -0.2) is 54.5 Å². The number of carbonyl (C=O) groups excluding carboxylic acids is 1. The average Bonchev–Trinajstić information content (AvgIpc) is 2.40. The number of nitrogens with two attached hydrogens (primary N) is 1. The lowest BCUT2D eigenvalue weighted by Crippen LogP contribution is -2.49. The Morgan fingerprint density at radius 3 is 2.61 bits per heavy atom. The van der Waals surface area contributed by atoms with E-state index in [0.29, 0.717) is 6.54 Å². The summed E-state index contributed by atoms with van der Waals surface area (Å²) in [4.78, 5) is 13.9. The molecule has 0 bridgehead atoms. The smallest absolute Gasteiger partial charge is 0.234 e. The molecule has 0 aromatic rings. The van der Waals surface area contributed by atoms with Gasteiger partial charge in [0.05, 0.1) is 6.54 Å². The van der Waals surface area contributed by atoms with Crippen molar-refractivity contribution in [1.29, 1.82) is 0 Å². The molecule has 0 aliphatic carbocycles. The van der Waals surface area contributed by atoms with E-state index in [1.165, 1.54) is 0 Å². The fourth-order valence-corrected chi connectivity index (χ4v) is 3.03. The molecule has 18 heavy (non-hydrogen) atoms. The highest BCUT2D eigenvalue weighted by Crippen LogP contribution is 2.33. The van der Waals surface area contributed by atoms with Gasteiger partial charge in [0.2, 0.25) is 5.91 Å². The second kappa shape index (κ2) is 8.02. The molecular formula is C13H27N3OS. The zero-order valence-electron chi connectivity index (χ0n) is 11.7. The number of hydrogen-bond acceptors (Lipinski definition) is 4. The third kappa shape index (κ3) is 4.78. The van der Waals surface area contributed by atoms with Crippen molar-refractivity contribution in [3.8, 4) is 0 Å². The van der Waals surface area contributed by atoms with Crippen LogP contribution in [0.4, 0.5) is 0 Å². The van der Waals surface area contributed by atoms with Crippen LogP contribution in [0.25, 0.3) is 0 Å². The van der Waals surface area contributed by atoms with Gasteiger partial charge in [-0.3, -0.25) is 9.69 Å². The first-order chi connectivity index (χ1) is 8.65. The summed E-state index contributed by atoms with van der Waals surface area (Å²) in [5.74, 6) is 0.160. The summed E-state index contributed by atoms with van der Waals surface area (Å²) in [6, 6.07) is 0. The van der Waals surface area contributed by atoms with Gasteiger partial charge in [-0.1, -0.05) is 13.3 Å². The van der Waals surface area contributed by atoms with Crippen LogP contribution in [0.15, 0.2) is 0 Å². The van der Waals surface area contributed by atoms with Gasteiger partial charge < -0.3 is 11.1 Å². The van der Waals surface area contributed by atoms with Crippen molar-refractivity contribution in [2.75, 3.05) is 39.0 Å². The van der Waals surface area contributed by atoms with Crippen molar-refractivity contribution >= 4 is 17.7 Å². The predicted octanol–water partition coefficient (Wildman–Crippen LogP) is 1.06. The molecule has 1 heterocycles. The Morgan fingerprint density at radius 1 is 1.44 bits per heavy atom. The predicted molar refractivity (Wildman–Crippen MR) is 78.9 cm³/mol. The number of carbonyl (C=O) groups is 1. The van der Waals surface area contributed by atoms with Crippen molar-refractivity contribution in [2.24, 2.45) is 5.73 Å². The Bertz CT molecular complexity index is 247.